The van der Waals surface area contributed by atoms with E-state index < -0.39 is 3.23 Å². The topological polar surface area (TPSA) is 17.1 Å². The van der Waals surface area contributed by atoms with Gasteiger partial charge in [0.05, 0.1) is 0 Å². The van der Waals surface area contributed by atoms with Gasteiger partial charge in [-0.15, -0.1) is 0 Å². The zero-order valence-electron chi connectivity index (χ0n) is 4.16. The van der Waals surface area contributed by atoms with Crippen LogP contribution in [0.25, 0.3) is 0 Å². The number of rotatable bonds is 1. The summed E-state index contributed by atoms with van der Waals surface area (Å²) in [4.78, 5) is 10.4. The van der Waals surface area contributed by atoms with Gasteiger partial charge in [-0.2, -0.15) is 0 Å². The Balaban J connectivity index is 3.79. The molecule has 0 rings (SSSR count). The number of halogens is 2. The van der Waals surface area contributed by atoms with Gasteiger partial charge in [0.1, 0.15) is 3.23 Å². The molecule has 0 saturated carbocycles. The van der Waals surface area contributed by atoms with Gasteiger partial charge in [0.2, 0.25) is 0 Å². The normalized spacial score (nSPS) is 11.4. The molecule has 0 atom stereocenters. The van der Waals surface area contributed by atoms with E-state index in [0.29, 0.717) is 0 Å². The second-order valence-corrected chi connectivity index (χ2v) is 5.68. The highest BCUT2D eigenvalue weighted by Gasteiger charge is 2.20. The van der Waals surface area contributed by atoms with Crippen molar-refractivity contribution in [3.8, 4) is 0 Å². The van der Waals surface area contributed by atoms with Crippen LogP contribution in [0.2, 0.25) is 0 Å². The number of ketones is 1. The second-order valence-electron chi connectivity index (χ2n) is 1.44. The quantitative estimate of drug-likeness (QED) is 0.630. The first-order chi connectivity index (χ1) is 2.94. The third-order valence-corrected chi connectivity index (χ3v) is 1.73. The van der Waals surface area contributed by atoms with E-state index in [4.69, 9.17) is 0 Å². The molecule has 0 aromatic rings. The molecule has 0 aliphatic carbocycles. The van der Waals surface area contributed by atoms with E-state index in [1.807, 2.05) is 0 Å². The van der Waals surface area contributed by atoms with Crippen molar-refractivity contribution in [2.45, 2.75) is 17.1 Å². The summed E-state index contributed by atoms with van der Waals surface area (Å²) in [6.07, 6.45) is 0. The van der Waals surface area contributed by atoms with Crippen molar-refractivity contribution in [1.82, 2.24) is 0 Å². The maximum atomic E-state index is 10.4. The van der Waals surface area contributed by atoms with Crippen LogP contribution in [0, 0.1) is 0 Å². The van der Waals surface area contributed by atoms with Crippen molar-refractivity contribution >= 4 is 37.6 Å². The van der Waals surface area contributed by atoms with Crippen LogP contribution >= 0.6 is 31.9 Å². The lowest BCUT2D eigenvalue weighted by molar-refractivity contribution is -0.116. The highest BCUT2D eigenvalue weighted by Crippen LogP contribution is 2.25. The molecule has 0 unspecified atom stereocenters. The first kappa shape index (κ1) is 7.63. The molecule has 0 heterocycles. The van der Waals surface area contributed by atoms with Gasteiger partial charge in [0.15, 0.2) is 5.78 Å². The highest BCUT2D eigenvalue weighted by atomic mass is 79.9. The molecule has 0 spiro atoms. The van der Waals surface area contributed by atoms with Crippen molar-refractivity contribution in [3.05, 3.63) is 0 Å². The largest absolute Gasteiger partial charge is 0.297 e. The Kier molecular flexibility index (Phi) is 2.47. The summed E-state index contributed by atoms with van der Waals surface area (Å²) in [7, 11) is 0. The molecule has 3 heteroatoms. The summed E-state index contributed by atoms with van der Waals surface area (Å²) in [5.41, 5.74) is 0. The van der Waals surface area contributed by atoms with Crippen LogP contribution in [-0.2, 0) is 4.79 Å². The summed E-state index contributed by atoms with van der Waals surface area (Å²) >= 11 is 6.22. The molecule has 0 radical (unpaired) electrons. The van der Waals surface area contributed by atoms with Crippen molar-refractivity contribution in [1.29, 1.82) is 0 Å². The van der Waals surface area contributed by atoms with E-state index in [2.05, 4.69) is 31.9 Å². The molecule has 0 aromatic heterocycles. The van der Waals surface area contributed by atoms with Crippen LogP contribution in [0.5, 0.6) is 0 Å². The number of hydrogen-bond donors (Lipinski definition) is 0. The van der Waals surface area contributed by atoms with Gasteiger partial charge in [-0.25, -0.2) is 0 Å². The molecule has 1 nitrogen and oxygen atoms in total. The molecule has 0 fully saturated rings. The Morgan fingerprint density at radius 2 is 1.71 bits per heavy atom. The Bertz CT molecular complexity index is 82.2. The maximum absolute atomic E-state index is 10.4. The van der Waals surface area contributed by atoms with E-state index >= 15 is 0 Å². The summed E-state index contributed by atoms with van der Waals surface area (Å²) in [5.74, 6) is 0.0764. The third-order valence-electron chi connectivity index (χ3n) is 0.618. The molecule has 0 N–H and O–H groups in total. The van der Waals surface area contributed by atoms with Gasteiger partial charge in [0, 0.05) is 0 Å². The van der Waals surface area contributed by atoms with Gasteiger partial charge >= 0.3 is 0 Å². The average molecular weight is 230 g/mol. The minimum atomic E-state index is -0.514. The first-order valence-corrected chi connectivity index (χ1v) is 3.42. The van der Waals surface area contributed by atoms with Crippen molar-refractivity contribution < 1.29 is 4.79 Å². The van der Waals surface area contributed by atoms with Gasteiger partial charge in [0.25, 0.3) is 0 Å². The minimum absolute atomic E-state index is 0.0764. The number of Topliss-reactive ketones (excluding diaryl/α,β-unsaturated/α-hetero) is 1. The fraction of sp³-hybridized carbons (Fsp3) is 0.750. The molecule has 0 aromatic carbocycles. The fourth-order valence-corrected chi connectivity index (χ4v) is 0. The SMILES string of the molecule is CC(=O)C(C)(Br)Br. The van der Waals surface area contributed by atoms with Crippen LogP contribution in [0.4, 0.5) is 0 Å². The first-order valence-electron chi connectivity index (χ1n) is 1.83. The van der Waals surface area contributed by atoms with E-state index in [1.165, 1.54) is 6.92 Å². The van der Waals surface area contributed by atoms with Gasteiger partial charge < -0.3 is 0 Å². The average Bonchev–Trinajstić information content (AvgIpc) is 1.31. The van der Waals surface area contributed by atoms with E-state index in [9.17, 15) is 4.79 Å². The molecule has 0 aliphatic rings. The van der Waals surface area contributed by atoms with Crippen LogP contribution in [0.1, 0.15) is 13.8 Å². The summed E-state index contributed by atoms with van der Waals surface area (Å²) in [6, 6.07) is 0. The standard InChI is InChI=1S/C4H6Br2O/c1-3(7)4(2,5)6/h1-2H3. The molecule has 0 amide bonds. The van der Waals surface area contributed by atoms with E-state index in [-0.39, 0.29) is 5.78 Å². The lowest BCUT2D eigenvalue weighted by Crippen LogP contribution is -2.15. The fourth-order valence-electron chi connectivity index (χ4n) is 0. The van der Waals surface area contributed by atoms with Crippen molar-refractivity contribution in [3.63, 3.8) is 0 Å². The van der Waals surface area contributed by atoms with Crippen LogP contribution in [0.15, 0.2) is 0 Å². The number of hydrogen-bond acceptors (Lipinski definition) is 1. The predicted octanol–water partition coefficient (Wildman–Crippen LogP) is 2.08. The van der Waals surface area contributed by atoms with Gasteiger partial charge in [-0.3, -0.25) is 4.79 Å². The highest BCUT2D eigenvalue weighted by molar-refractivity contribution is 9.25. The number of alkyl halides is 2. The van der Waals surface area contributed by atoms with Crippen LogP contribution < -0.4 is 0 Å². The maximum Gasteiger partial charge on any atom is 0.156 e. The van der Waals surface area contributed by atoms with E-state index in [1.54, 1.807) is 6.92 Å². The second kappa shape index (κ2) is 2.27. The molecule has 0 saturated heterocycles. The number of carbonyl (C=O) groups is 1. The lowest BCUT2D eigenvalue weighted by atomic mass is 10.4. The third kappa shape index (κ3) is 3.23. The number of carbonyl (C=O) groups excluding carboxylic acids is 1. The molecular formula is C4H6Br2O. The smallest absolute Gasteiger partial charge is 0.156 e. The zero-order chi connectivity index (χ0) is 6.08. The van der Waals surface area contributed by atoms with Gasteiger partial charge in [-0.1, -0.05) is 31.9 Å². The van der Waals surface area contributed by atoms with Gasteiger partial charge in [-0.05, 0) is 13.8 Å². The Labute approximate surface area is 59.7 Å². The van der Waals surface area contributed by atoms with Crippen LogP contribution in [-0.4, -0.2) is 9.02 Å². The van der Waals surface area contributed by atoms with Crippen molar-refractivity contribution in [2.75, 3.05) is 0 Å². The summed E-state index contributed by atoms with van der Waals surface area (Å²) < 4.78 is -0.514. The molecule has 7 heavy (non-hydrogen) atoms. The molecule has 0 aliphatic heterocycles. The molecule has 0 bridgehead atoms. The van der Waals surface area contributed by atoms with Crippen LogP contribution in [0.3, 0.4) is 0 Å². The predicted molar refractivity (Wildman–Crippen MR) is 36.9 cm³/mol. The monoisotopic (exact) mass is 228 g/mol. The summed E-state index contributed by atoms with van der Waals surface area (Å²) in [6.45, 7) is 3.26. The zero-order valence-corrected chi connectivity index (χ0v) is 7.34. The lowest BCUT2D eigenvalue weighted by Gasteiger charge is -2.06. The minimum Gasteiger partial charge on any atom is -0.297 e. The van der Waals surface area contributed by atoms with Crippen molar-refractivity contribution in [2.24, 2.45) is 0 Å². The molecular weight excluding hydrogens is 224 g/mol. The van der Waals surface area contributed by atoms with E-state index in [0.717, 1.165) is 0 Å². The Morgan fingerprint density at radius 3 is 1.71 bits per heavy atom. The summed E-state index contributed by atoms with van der Waals surface area (Å²) in [5, 5.41) is 0. The Morgan fingerprint density at radius 1 is 1.57 bits per heavy atom. The Hall–Kier alpha value is 0.630. The molecule has 42 valence electrons.